The van der Waals surface area contributed by atoms with Crippen molar-refractivity contribution in [3.63, 3.8) is 0 Å². The van der Waals surface area contributed by atoms with Crippen LogP contribution in [0.1, 0.15) is 18.5 Å². The summed E-state index contributed by atoms with van der Waals surface area (Å²) in [6, 6.07) is 12.9. The van der Waals surface area contributed by atoms with Gasteiger partial charge in [0.15, 0.2) is 18.1 Å². The van der Waals surface area contributed by atoms with Crippen LogP contribution < -0.4 is 19.5 Å². The van der Waals surface area contributed by atoms with E-state index >= 15 is 0 Å². The fourth-order valence-corrected chi connectivity index (χ4v) is 2.64. The number of hydrogen-bond donors (Lipinski definition) is 1. The third kappa shape index (κ3) is 4.20. The normalized spacial score (nSPS) is 13.9. The summed E-state index contributed by atoms with van der Waals surface area (Å²) in [6.07, 6.45) is 0. The molecule has 1 amide bonds. The Morgan fingerprint density at radius 2 is 1.88 bits per heavy atom. The van der Waals surface area contributed by atoms with E-state index in [2.05, 4.69) is 21.2 Å². The lowest BCUT2D eigenvalue weighted by Gasteiger charge is -2.21. The van der Waals surface area contributed by atoms with Gasteiger partial charge in [-0.1, -0.05) is 22.0 Å². The smallest absolute Gasteiger partial charge is 0.258 e. The predicted molar refractivity (Wildman–Crippen MR) is 93.6 cm³/mol. The van der Waals surface area contributed by atoms with Crippen LogP contribution in [0.25, 0.3) is 0 Å². The van der Waals surface area contributed by atoms with Crippen molar-refractivity contribution in [1.82, 2.24) is 5.32 Å². The van der Waals surface area contributed by atoms with Crippen LogP contribution in [0.5, 0.6) is 17.2 Å². The standard InChI is InChI=1S/C18H18BrNO4/c1-12(13-2-7-16-17(10-13)23-9-8-22-16)20-18(21)11-24-15-5-3-14(19)4-6-15/h2-7,10,12H,8-9,11H2,1H3,(H,20,21). The van der Waals surface area contributed by atoms with Gasteiger partial charge in [0, 0.05) is 4.47 Å². The monoisotopic (exact) mass is 391 g/mol. The topological polar surface area (TPSA) is 56.8 Å². The number of amides is 1. The molecule has 126 valence electrons. The number of nitrogens with one attached hydrogen (secondary N) is 1. The second-order valence-electron chi connectivity index (χ2n) is 5.43. The van der Waals surface area contributed by atoms with E-state index in [9.17, 15) is 4.79 Å². The van der Waals surface area contributed by atoms with Gasteiger partial charge in [-0.15, -0.1) is 0 Å². The lowest BCUT2D eigenvalue weighted by molar-refractivity contribution is -0.123. The highest BCUT2D eigenvalue weighted by Crippen LogP contribution is 2.32. The van der Waals surface area contributed by atoms with Gasteiger partial charge in [-0.3, -0.25) is 4.79 Å². The largest absolute Gasteiger partial charge is 0.486 e. The van der Waals surface area contributed by atoms with Crippen molar-refractivity contribution in [3.05, 3.63) is 52.5 Å². The molecule has 5 nitrogen and oxygen atoms in total. The number of carbonyl (C=O) groups excluding carboxylic acids is 1. The van der Waals surface area contributed by atoms with E-state index in [0.29, 0.717) is 24.7 Å². The molecule has 1 unspecified atom stereocenters. The molecule has 0 saturated heterocycles. The third-order valence-electron chi connectivity index (χ3n) is 3.63. The minimum atomic E-state index is -0.180. The number of fused-ring (bicyclic) bond motifs is 1. The summed E-state index contributed by atoms with van der Waals surface area (Å²) >= 11 is 3.36. The fraction of sp³-hybridized carbons (Fsp3) is 0.278. The third-order valence-corrected chi connectivity index (χ3v) is 4.16. The first-order valence-electron chi connectivity index (χ1n) is 7.69. The molecule has 0 spiro atoms. The number of carbonyl (C=O) groups is 1. The first kappa shape index (κ1) is 16.6. The van der Waals surface area contributed by atoms with Gasteiger partial charge in [-0.05, 0) is 48.9 Å². The van der Waals surface area contributed by atoms with Gasteiger partial charge < -0.3 is 19.5 Å². The van der Waals surface area contributed by atoms with Crippen molar-refractivity contribution in [2.75, 3.05) is 19.8 Å². The Hall–Kier alpha value is -2.21. The van der Waals surface area contributed by atoms with Gasteiger partial charge >= 0.3 is 0 Å². The number of halogens is 1. The van der Waals surface area contributed by atoms with Gasteiger partial charge in [0.05, 0.1) is 6.04 Å². The maximum Gasteiger partial charge on any atom is 0.258 e. The number of hydrogen-bond acceptors (Lipinski definition) is 4. The van der Waals surface area contributed by atoms with E-state index in [1.807, 2.05) is 49.4 Å². The molecular formula is C18H18BrNO4. The molecule has 0 fully saturated rings. The van der Waals surface area contributed by atoms with E-state index in [-0.39, 0.29) is 18.6 Å². The fourth-order valence-electron chi connectivity index (χ4n) is 2.38. The Bertz CT molecular complexity index is 717. The maximum absolute atomic E-state index is 12.1. The second-order valence-corrected chi connectivity index (χ2v) is 6.35. The Morgan fingerprint density at radius 1 is 1.17 bits per heavy atom. The molecule has 0 aliphatic carbocycles. The van der Waals surface area contributed by atoms with Crippen molar-refractivity contribution in [3.8, 4) is 17.2 Å². The molecule has 0 saturated carbocycles. The molecule has 2 aromatic carbocycles. The summed E-state index contributed by atoms with van der Waals surface area (Å²) in [5.74, 6) is 1.92. The van der Waals surface area contributed by atoms with Crippen molar-refractivity contribution in [2.24, 2.45) is 0 Å². The van der Waals surface area contributed by atoms with E-state index in [4.69, 9.17) is 14.2 Å². The molecule has 1 aliphatic rings. The van der Waals surface area contributed by atoms with Crippen LogP contribution in [0.15, 0.2) is 46.9 Å². The maximum atomic E-state index is 12.1. The van der Waals surface area contributed by atoms with Crippen molar-refractivity contribution >= 4 is 21.8 Å². The summed E-state index contributed by atoms with van der Waals surface area (Å²) in [6.45, 7) is 2.99. The van der Waals surface area contributed by atoms with Crippen LogP contribution in [0.4, 0.5) is 0 Å². The van der Waals surface area contributed by atoms with E-state index < -0.39 is 0 Å². The zero-order valence-electron chi connectivity index (χ0n) is 13.3. The average molecular weight is 392 g/mol. The van der Waals surface area contributed by atoms with Crippen LogP contribution >= 0.6 is 15.9 Å². The van der Waals surface area contributed by atoms with E-state index in [0.717, 1.165) is 15.8 Å². The quantitative estimate of drug-likeness (QED) is 0.847. The Labute approximate surface area is 149 Å². The molecule has 1 heterocycles. The highest BCUT2D eigenvalue weighted by molar-refractivity contribution is 9.10. The number of rotatable bonds is 5. The lowest BCUT2D eigenvalue weighted by Crippen LogP contribution is -2.31. The van der Waals surface area contributed by atoms with Gasteiger partial charge in [0.1, 0.15) is 19.0 Å². The number of benzene rings is 2. The highest BCUT2D eigenvalue weighted by Gasteiger charge is 2.16. The molecule has 24 heavy (non-hydrogen) atoms. The molecule has 2 aromatic rings. The van der Waals surface area contributed by atoms with Gasteiger partial charge in [0.25, 0.3) is 5.91 Å². The van der Waals surface area contributed by atoms with E-state index in [1.54, 1.807) is 0 Å². The molecule has 1 atom stereocenters. The predicted octanol–water partition coefficient (Wildman–Crippen LogP) is 3.48. The molecule has 0 aromatic heterocycles. The van der Waals surface area contributed by atoms with Crippen molar-refractivity contribution in [1.29, 1.82) is 0 Å². The number of ether oxygens (including phenoxy) is 3. The van der Waals surface area contributed by atoms with Gasteiger partial charge in [-0.2, -0.15) is 0 Å². The van der Waals surface area contributed by atoms with Crippen LogP contribution in [-0.2, 0) is 4.79 Å². The molecule has 1 aliphatic heterocycles. The van der Waals surface area contributed by atoms with Crippen LogP contribution in [-0.4, -0.2) is 25.7 Å². The second kappa shape index (κ2) is 7.57. The molecular weight excluding hydrogens is 374 g/mol. The van der Waals surface area contributed by atoms with Gasteiger partial charge in [-0.25, -0.2) is 0 Å². The summed E-state index contributed by atoms with van der Waals surface area (Å²) in [7, 11) is 0. The summed E-state index contributed by atoms with van der Waals surface area (Å²) in [5, 5.41) is 2.92. The van der Waals surface area contributed by atoms with Crippen molar-refractivity contribution < 1.29 is 19.0 Å². The Morgan fingerprint density at radius 3 is 2.62 bits per heavy atom. The summed E-state index contributed by atoms with van der Waals surface area (Å²) < 4.78 is 17.5. The minimum absolute atomic E-state index is 0.0312. The van der Waals surface area contributed by atoms with Crippen LogP contribution in [0.2, 0.25) is 0 Å². The van der Waals surface area contributed by atoms with Crippen LogP contribution in [0, 0.1) is 0 Å². The molecule has 1 N–H and O–H groups in total. The summed E-state index contributed by atoms with van der Waals surface area (Å²) in [4.78, 5) is 12.1. The lowest BCUT2D eigenvalue weighted by atomic mass is 10.1. The Balaban J connectivity index is 1.55. The summed E-state index contributed by atoms with van der Waals surface area (Å²) in [5.41, 5.74) is 0.955. The molecule has 0 bridgehead atoms. The minimum Gasteiger partial charge on any atom is -0.486 e. The van der Waals surface area contributed by atoms with Crippen LogP contribution in [0.3, 0.4) is 0 Å². The SMILES string of the molecule is CC(NC(=O)COc1ccc(Br)cc1)c1ccc2c(c1)OCCO2. The van der Waals surface area contributed by atoms with E-state index in [1.165, 1.54) is 0 Å². The highest BCUT2D eigenvalue weighted by atomic mass is 79.9. The van der Waals surface area contributed by atoms with Gasteiger partial charge in [0.2, 0.25) is 0 Å². The zero-order chi connectivity index (χ0) is 16.9. The first-order chi connectivity index (χ1) is 11.6. The van der Waals surface area contributed by atoms with Crippen molar-refractivity contribution in [2.45, 2.75) is 13.0 Å². The molecule has 3 rings (SSSR count). The zero-order valence-corrected chi connectivity index (χ0v) is 14.8. The molecule has 0 radical (unpaired) electrons. The first-order valence-corrected chi connectivity index (χ1v) is 8.48. The molecule has 6 heteroatoms. The Kier molecular flexibility index (Phi) is 5.25. The average Bonchev–Trinajstić information content (AvgIpc) is 2.61.